The van der Waals surface area contributed by atoms with Crippen molar-refractivity contribution in [1.29, 1.82) is 0 Å². The molecule has 0 aliphatic carbocycles. The van der Waals surface area contributed by atoms with Crippen molar-refractivity contribution in [3.8, 4) is 11.1 Å². The fourth-order valence-electron chi connectivity index (χ4n) is 1.61. The van der Waals surface area contributed by atoms with E-state index in [2.05, 4.69) is 6.07 Å². The number of anilines is 2. The topological polar surface area (TPSA) is 52.0 Å². The smallest absolute Gasteiger partial charge is 0.0452 e. The first-order valence-electron chi connectivity index (χ1n) is 5.00. The Morgan fingerprint density at radius 3 is 2.38 bits per heavy atom. The van der Waals surface area contributed by atoms with E-state index in [1.54, 1.807) is 11.8 Å². The third-order valence-electron chi connectivity index (χ3n) is 2.45. The highest BCUT2D eigenvalue weighted by molar-refractivity contribution is 7.98. The molecule has 2 nitrogen and oxygen atoms in total. The van der Waals surface area contributed by atoms with E-state index in [9.17, 15) is 0 Å². The van der Waals surface area contributed by atoms with Gasteiger partial charge in [-0.05, 0) is 41.6 Å². The number of hydrogen-bond acceptors (Lipinski definition) is 3. The van der Waals surface area contributed by atoms with Gasteiger partial charge in [0.15, 0.2) is 0 Å². The second kappa shape index (κ2) is 4.49. The van der Waals surface area contributed by atoms with Gasteiger partial charge in [-0.25, -0.2) is 0 Å². The van der Waals surface area contributed by atoms with Crippen molar-refractivity contribution in [2.45, 2.75) is 4.90 Å². The largest absolute Gasteiger partial charge is 0.399 e. The molecule has 2 aromatic rings. The van der Waals surface area contributed by atoms with Gasteiger partial charge in [0.2, 0.25) is 0 Å². The van der Waals surface area contributed by atoms with Crippen LogP contribution in [0.25, 0.3) is 11.1 Å². The maximum Gasteiger partial charge on any atom is 0.0452 e. The summed E-state index contributed by atoms with van der Waals surface area (Å²) >= 11 is 1.65. The van der Waals surface area contributed by atoms with Crippen LogP contribution >= 0.6 is 11.8 Å². The van der Waals surface area contributed by atoms with Crippen LogP contribution < -0.4 is 11.5 Å². The summed E-state index contributed by atoms with van der Waals surface area (Å²) in [6, 6.07) is 13.9. The monoisotopic (exact) mass is 230 g/mol. The summed E-state index contributed by atoms with van der Waals surface area (Å²) in [5, 5.41) is 0. The lowest BCUT2D eigenvalue weighted by Gasteiger charge is -2.07. The highest BCUT2D eigenvalue weighted by Gasteiger charge is 2.02. The molecular weight excluding hydrogens is 216 g/mol. The van der Waals surface area contributed by atoms with E-state index in [1.165, 1.54) is 0 Å². The molecule has 0 radical (unpaired) electrons. The number of hydrogen-bond donors (Lipinski definition) is 2. The quantitative estimate of drug-likeness (QED) is 0.615. The molecule has 0 unspecified atom stereocenters. The van der Waals surface area contributed by atoms with Gasteiger partial charge in [-0.1, -0.05) is 18.2 Å². The van der Waals surface area contributed by atoms with E-state index in [1.807, 2.05) is 42.7 Å². The molecule has 0 saturated carbocycles. The molecule has 82 valence electrons. The zero-order valence-electron chi connectivity index (χ0n) is 9.10. The van der Waals surface area contributed by atoms with Gasteiger partial charge in [-0.2, -0.15) is 0 Å². The molecule has 16 heavy (non-hydrogen) atoms. The molecule has 2 rings (SSSR count). The van der Waals surface area contributed by atoms with Crippen LogP contribution in [0, 0.1) is 0 Å². The molecule has 2 aromatic carbocycles. The molecule has 0 aromatic heterocycles. The van der Waals surface area contributed by atoms with Crippen LogP contribution in [0.2, 0.25) is 0 Å². The maximum absolute atomic E-state index is 5.86. The molecule has 0 fully saturated rings. The predicted molar refractivity (Wildman–Crippen MR) is 72.5 cm³/mol. The minimum Gasteiger partial charge on any atom is -0.399 e. The third kappa shape index (κ3) is 2.14. The van der Waals surface area contributed by atoms with E-state index in [0.717, 1.165) is 27.4 Å². The average Bonchev–Trinajstić information content (AvgIpc) is 2.29. The van der Waals surface area contributed by atoms with Gasteiger partial charge in [-0.3, -0.25) is 0 Å². The van der Waals surface area contributed by atoms with E-state index < -0.39 is 0 Å². The molecule has 3 heteroatoms. The Balaban J connectivity index is 2.48. The average molecular weight is 230 g/mol. The van der Waals surface area contributed by atoms with Gasteiger partial charge < -0.3 is 11.5 Å². The van der Waals surface area contributed by atoms with Crippen LogP contribution in [0.5, 0.6) is 0 Å². The molecule has 4 N–H and O–H groups in total. The standard InChI is InChI=1S/C13H14N2S/c1-16-13-8-10(5-6-12(13)15)9-3-2-4-11(14)7-9/h2-8H,14-15H2,1H3. The third-order valence-corrected chi connectivity index (χ3v) is 3.25. The molecule has 0 aliphatic rings. The van der Waals surface area contributed by atoms with Gasteiger partial charge in [0.05, 0.1) is 0 Å². The van der Waals surface area contributed by atoms with Crippen LogP contribution in [-0.2, 0) is 0 Å². The Kier molecular flexibility index (Phi) is 3.06. The maximum atomic E-state index is 5.86. The zero-order chi connectivity index (χ0) is 11.5. The van der Waals surface area contributed by atoms with Gasteiger partial charge in [0.1, 0.15) is 0 Å². The summed E-state index contributed by atoms with van der Waals surface area (Å²) in [4.78, 5) is 1.10. The first-order chi connectivity index (χ1) is 7.70. The molecule has 0 amide bonds. The summed E-state index contributed by atoms with van der Waals surface area (Å²) in [6.07, 6.45) is 2.02. The van der Waals surface area contributed by atoms with Gasteiger partial charge >= 0.3 is 0 Å². The van der Waals surface area contributed by atoms with Crippen LogP contribution in [-0.4, -0.2) is 6.26 Å². The lowest BCUT2D eigenvalue weighted by molar-refractivity contribution is 1.46. The first kappa shape index (κ1) is 10.9. The second-order valence-electron chi connectivity index (χ2n) is 3.58. The van der Waals surface area contributed by atoms with Crippen molar-refractivity contribution < 1.29 is 0 Å². The fourth-order valence-corrected chi connectivity index (χ4v) is 2.16. The fraction of sp³-hybridized carbons (Fsp3) is 0.0769. The molecule has 0 aliphatic heterocycles. The SMILES string of the molecule is CSc1cc(-c2cccc(N)c2)ccc1N. The number of thioether (sulfide) groups is 1. The molecule has 0 bridgehead atoms. The number of nitrogens with two attached hydrogens (primary N) is 2. The molecular formula is C13H14N2S. The van der Waals surface area contributed by atoms with Gasteiger partial charge in [0.25, 0.3) is 0 Å². The lowest BCUT2D eigenvalue weighted by atomic mass is 10.0. The van der Waals surface area contributed by atoms with Crippen LogP contribution in [0.1, 0.15) is 0 Å². The van der Waals surface area contributed by atoms with Gasteiger partial charge in [-0.15, -0.1) is 11.8 Å². The van der Waals surface area contributed by atoms with Crippen molar-refractivity contribution >= 4 is 23.1 Å². The number of rotatable bonds is 2. The lowest BCUT2D eigenvalue weighted by Crippen LogP contribution is -1.89. The van der Waals surface area contributed by atoms with Crippen molar-refractivity contribution in [3.63, 3.8) is 0 Å². The number of benzene rings is 2. The Bertz CT molecular complexity index is 509. The second-order valence-corrected chi connectivity index (χ2v) is 4.43. The minimum atomic E-state index is 0.778. The first-order valence-corrected chi connectivity index (χ1v) is 6.22. The molecule has 0 atom stereocenters. The van der Waals surface area contributed by atoms with Gasteiger partial charge in [0, 0.05) is 16.3 Å². The highest BCUT2D eigenvalue weighted by Crippen LogP contribution is 2.29. The van der Waals surface area contributed by atoms with Crippen LogP contribution in [0.4, 0.5) is 11.4 Å². The van der Waals surface area contributed by atoms with E-state index in [-0.39, 0.29) is 0 Å². The zero-order valence-corrected chi connectivity index (χ0v) is 9.92. The Morgan fingerprint density at radius 2 is 1.69 bits per heavy atom. The van der Waals surface area contributed by atoms with Crippen molar-refractivity contribution in [2.24, 2.45) is 0 Å². The Labute approximate surface area is 99.7 Å². The molecule has 0 spiro atoms. The summed E-state index contributed by atoms with van der Waals surface area (Å²) in [5.74, 6) is 0. The summed E-state index contributed by atoms with van der Waals surface area (Å²) in [5.41, 5.74) is 15.5. The van der Waals surface area contributed by atoms with E-state index in [0.29, 0.717) is 0 Å². The predicted octanol–water partition coefficient (Wildman–Crippen LogP) is 3.24. The van der Waals surface area contributed by atoms with Crippen molar-refractivity contribution in [3.05, 3.63) is 42.5 Å². The van der Waals surface area contributed by atoms with Crippen LogP contribution in [0.15, 0.2) is 47.4 Å². The van der Waals surface area contributed by atoms with Crippen molar-refractivity contribution in [2.75, 3.05) is 17.7 Å². The van der Waals surface area contributed by atoms with Crippen LogP contribution in [0.3, 0.4) is 0 Å². The van der Waals surface area contributed by atoms with Crippen molar-refractivity contribution in [1.82, 2.24) is 0 Å². The normalized spacial score (nSPS) is 10.3. The summed E-state index contributed by atoms with van der Waals surface area (Å²) < 4.78 is 0. The number of nitrogen functional groups attached to an aromatic ring is 2. The summed E-state index contributed by atoms with van der Waals surface area (Å²) in [7, 11) is 0. The summed E-state index contributed by atoms with van der Waals surface area (Å²) in [6.45, 7) is 0. The minimum absolute atomic E-state index is 0.778. The molecule has 0 saturated heterocycles. The van der Waals surface area contributed by atoms with E-state index >= 15 is 0 Å². The highest BCUT2D eigenvalue weighted by atomic mass is 32.2. The molecule has 0 heterocycles. The Hall–Kier alpha value is -1.61. The van der Waals surface area contributed by atoms with E-state index in [4.69, 9.17) is 11.5 Å². The Morgan fingerprint density at radius 1 is 0.938 bits per heavy atom.